The number of ether oxygens (including phenoxy) is 1. The van der Waals surface area contributed by atoms with Crippen LogP contribution in [0.2, 0.25) is 0 Å². The molecule has 0 bridgehead atoms. The molecule has 17 heavy (non-hydrogen) atoms. The van der Waals surface area contributed by atoms with Crippen molar-refractivity contribution in [2.24, 2.45) is 0 Å². The van der Waals surface area contributed by atoms with E-state index in [0.29, 0.717) is 0 Å². The Bertz CT molecular complexity index is 366. The zero-order valence-electron chi connectivity index (χ0n) is 8.76. The van der Waals surface area contributed by atoms with Crippen LogP contribution in [-0.2, 0) is 0 Å². The van der Waals surface area contributed by atoms with Crippen LogP contribution in [0.25, 0.3) is 0 Å². The van der Waals surface area contributed by atoms with Gasteiger partial charge in [0.1, 0.15) is 5.75 Å². The molecule has 96 valence electrons. The number of halogens is 5. The summed E-state index contributed by atoms with van der Waals surface area (Å²) in [6.07, 6.45) is -7.41. The Labute approximate surface area is 94.4 Å². The fraction of sp³-hybridized carbons (Fsp3) is 0.400. The lowest BCUT2D eigenvalue weighted by Gasteiger charge is -2.15. The number of hydrogen-bond acceptors (Lipinski definition) is 2. The second kappa shape index (κ2) is 5.20. The largest absolute Gasteiger partial charge is 0.573 e. The summed E-state index contributed by atoms with van der Waals surface area (Å²) in [4.78, 5) is 0. The highest BCUT2D eigenvalue weighted by atomic mass is 19.4. The molecule has 1 unspecified atom stereocenters. The first-order valence-electron chi connectivity index (χ1n) is 4.68. The normalized spacial score (nSPS) is 13.6. The molecule has 1 N–H and O–H groups in total. The second-order valence-electron chi connectivity index (χ2n) is 3.34. The van der Waals surface area contributed by atoms with Crippen LogP contribution in [-0.4, -0.2) is 18.8 Å². The Morgan fingerprint density at radius 1 is 1.24 bits per heavy atom. The molecule has 0 heterocycles. The van der Waals surface area contributed by atoms with Gasteiger partial charge in [-0.25, -0.2) is 8.78 Å². The fourth-order valence-electron chi connectivity index (χ4n) is 1.11. The lowest BCUT2D eigenvalue weighted by Crippen LogP contribution is -2.23. The number of benzene rings is 1. The predicted molar refractivity (Wildman–Crippen MR) is 52.2 cm³/mol. The highest BCUT2D eigenvalue weighted by molar-refractivity contribution is 5.48. The van der Waals surface area contributed by atoms with E-state index in [0.717, 1.165) is 12.1 Å². The molecule has 0 aliphatic rings. The Balaban J connectivity index is 2.72. The van der Waals surface area contributed by atoms with Crippen LogP contribution in [0.1, 0.15) is 6.92 Å². The van der Waals surface area contributed by atoms with Crippen LogP contribution < -0.4 is 10.1 Å². The van der Waals surface area contributed by atoms with Gasteiger partial charge in [0.15, 0.2) is 0 Å². The Morgan fingerprint density at radius 2 is 1.88 bits per heavy atom. The average Bonchev–Trinajstić information content (AvgIpc) is 2.15. The molecular weight excluding hydrogens is 245 g/mol. The van der Waals surface area contributed by atoms with Crippen LogP contribution >= 0.6 is 0 Å². The van der Waals surface area contributed by atoms with Gasteiger partial charge in [-0.2, -0.15) is 0 Å². The lowest BCUT2D eigenvalue weighted by molar-refractivity contribution is -0.274. The maximum absolute atomic E-state index is 12.2. The van der Waals surface area contributed by atoms with Crippen molar-refractivity contribution in [3.8, 4) is 5.75 Å². The van der Waals surface area contributed by atoms with Crippen molar-refractivity contribution >= 4 is 5.69 Å². The molecule has 1 atom stereocenters. The van der Waals surface area contributed by atoms with Crippen molar-refractivity contribution in [2.75, 3.05) is 5.32 Å². The van der Waals surface area contributed by atoms with E-state index in [1.807, 2.05) is 0 Å². The third-order valence-electron chi connectivity index (χ3n) is 1.84. The van der Waals surface area contributed by atoms with Gasteiger partial charge in [-0.15, -0.1) is 13.2 Å². The molecule has 2 nitrogen and oxygen atoms in total. The van der Waals surface area contributed by atoms with E-state index in [9.17, 15) is 22.0 Å². The van der Waals surface area contributed by atoms with E-state index in [1.165, 1.54) is 19.1 Å². The molecule has 0 aliphatic carbocycles. The van der Waals surface area contributed by atoms with Gasteiger partial charge >= 0.3 is 6.36 Å². The van der Waals surface area contributed by atoms with Crippen molar-refractivity contribution in [3.05, 3.63) is 24.3 Å². The molecule has 0 spiro atoms. The highest BCUT2D eigenvalue weighted by Gasteiger charge is 2.31. The van der Waals surface area contributed by atoms with Gasteiger partial charge in [0, 0.05) is 11.8 Å². The van der Waals surface area contributed by atoms with Gasteiger partial charge in [-0.3, -0.25) is 0 Å². The van der Waals surface area contributed by atoms with Gasteiger partial charge in [-0.05, 0) is 19.1 Å². The summed E-state index contributed by atoms with van der Waals surface area (Å²) in [5.74, 6) is -0.455. The molecule has 1 aromatic rings. The van der Waals surface area contributed by atoms with Crippen LogP contribution in [0, 0.1) is 0 Å². The molecule has 0 aliphatic heterocycles. The lowest BCUT2D eigenvalue weighted by atomic mass is 10.2. The minimum Gasteiger partial charge on any atom is -0.406 e. The first-order valence-corrected chi connectivity index (χ1v) is 4.68. The SMILES string of the molecule is CC(Nc1cccc(OC(F)(F)F)c1)C(F)F. The standard InChI is InChI=1S/C10H10F5NO/c1-6(9(11)12)16-7-3-2-4-8(5-7)17-10(13,14)15/h2-6,9,16H,1H3. The summed E-state index contributed by atoms with van der Waals surface area (Å²) in [7, 11) is 0. The number of nitrogens with one attached hydrogen (secondary N) is 1. The maximum atomic E-state index is 12.2. The highest BCUT2D eigenvalue weighted by Crippen LogP contribution is 2.25. The van der Waals surface area contributed by atoms with Gasteiger partial charge in [-0.1, -0.05) is 6.07 Å². The molecule has 0 amide bonds. The van der Waals surface area contributed by atoms with E-state index >= 15 is 0 Å². The summed E-state index contributed by atoms with van der Waals surface area (Å²) in [5.41, 5.74) is 0.138. The fourth-order valence-corrected chi connectivity index (χ4v) is 1.11. The van der Waals surface area contributed by atoms with Crippen molar-refractivity contribution in [1.29, 1.82) is 0 Å². The predicted octanol–water partition coefficient (Wildman–Crippen LogP) is 3.65. The van der Waals surface area contributed by atoms with Crippen molar-refractivity contribution < 1.29 is 26.7 Å². The number of alkyl halides is 5. The maximum Gasteiger partial charge on any atom is 0.573 e. The summed E-state index contributed by atoms with van der Waals surface area (Å²) >= 11 is 0. The molecule has 0 saturated heterocycles. The minimum atomic E-state index is -4.80. The molecule has 1 aromatic carbocycles. The van der Waals surface area contributed by atoms with Crippen molar-refractivity contribution in [2.45, 2.75) is 25.8 Å². The molecule has 1 rings (SSSR count). The monoisotopic (exact) mass is 255 g/mol. The van der Waals surface area contributed by atoms with Crippen molar-refractivity contribution in [3.63, 3.8) is 0 Å². The molecular formula is C10H10F5NO. The Morgan fingerprint density at radius 3 is 2.41 bits per heavy atom. The third kappa shape index (κ3) is 4.88. The zero-order valence-corrected chi connectivity index (χ0v) is 8.76. The first-order chi connectivity index (χ1) is 7.78. The van der Waals surface area contributed by atoms with E-state index in [2.05, 4.69) is 10.1 Å². The van der Waals surface area contributed by atoms with Gasteiger partial charge in [0.05, 0.1) is 6.04 Å². The van der Waals surface area contributed by atoms with E-state index in [4.69, 9.17) is 0 Å². The van der Waals surface area contributed by atoms with Gasteiger partial charge in [0.25, 0.3) is 6.43 Å². The Hall–Kier alpha value is -1.53. The smallest absolute Gasteiger partial charge is 0.406 e. The summed E-state index contributed by atoms with van der Waals surface area (Å²) < 4.78 is 63.8. The zero-order chi connectivity index (χ0) is 13.1. The summed E-state index contributed by atoms with van der Waals surface area (Å²) in [6, 6.07) is 3.60. The molecule has 0 radical (unpaired) electrons. The summed E-state index contributed by atoms with van der Waals surface area (Å²) in [6.45, 7) is 1.22. The van der Waals surface area contributed by atoms with Gasteiger partial charge < -0.3 is 10.1 Å². The topological polar surface area (TPSA) is 21.3 Å². The number of rotatable bonds is 4. The van der Waals surface area contributed by atoms with Crippen LogP contribution in [0.5, 0.6) is 5.75 Å². The molecule has 0 aromatic heterocycles. The molecule has 0 fully saturated rings. The Kier molecular flexibility index (Phi) is 4.14. The van der Waals surface area contributed by atoms with Gasteiger partial charge in [0.2, 0.25) is 0 Å². The van der Waals surface area contributed by atoms with Crippen LogP contribution in [0.4, 0.5) is 27.6 Å². The third-order valence-corrected chi connectivity index (χ3v) is 1.84. The van der Waals surface area contributed by atoms with E-state index < -0.39 is 24.6 Å². The minimum absolute atomic E-state index is 0.138. The number of hydrogen-bond donors (Lipinski definition) is 1. The van der Waals surface area contributed by atoms with E-state index in [1.54, 1.807) is 0 Å². The average molecular weight is 255 g/mol. The van der Waals surface area contributed by atoms with Crippen LogP contribution in [0.15, 0.2) is 24.3 Å². The van der Waals surface area contributed by atoms with Crippen LogP contribution in [0.3, 0.4) is 0 Å². The number of anilines is 1. The quantitative estimate of drug-likeness (QED) is 0.829. The first kappa shape index (κ1) is 13.5. The molecule has 0 saturated carbocycles. The van der Waals surface area contributed by atoms with Crippen molar-refractivity contribution in [1.82, 2.24) is 0 Å². The van der Waals surface area contributed by atoms with E-state index in [-0.39, 0.29) is 5.69 Å². The summed E-state index contributed by atoms with van der Waals surface area (Å²) in [5, 5.41) is 2.37. The second-order valence-corrected chi connectivity index (χ2v) is 3.34. The molecule has 7 heteroatoms.